The van der Waals surface area contributed by atoms with Crippen LogP contribution in [0.3, 0.4) is 0 Å². The summed E-state index contributed by atoms with van der Waals surface area (Å²) in [6.45, 7) is 0. The van der Waals surface area contributed by atoms with E-state index in [0.717, 1.165) is 0 Å². The van der Waals surface area contributed by atoms with Crippen LogP contribution >= 0.6 is 0 Å². The first-order valence-corrected chi connectivity index (χ1v) is 4.79. The van der Waals surface area contributed by atoms with Gasteiger partial charge in [-0.15, -0.1) is 0 Å². The molecule has 0 atom stereocenters. The molecule has 0 saturated heterocycles. The highest BCUT2D eigenvalue weighted by molar-refractivity contribution is 5.95. The molecule has 3 nitrogen and oxygen atoms in total. The van der Waals surface area contributed by atoms with Gasteiger partial charge in [0.25, 0.3) is 5.91 Å². The molecule has 0 fully saturated rings. The van der Waals surface area contributed by atoms with E-state index in [4.69, 9.17) is 10.8 Å². The molecule has 0 saturated carbocycles. The number of aromatic hydroxyl groups is 1. The molecule has 0 bridgehead atoms. The third kappa shape index (κ3) is 5.32. The van der Waals surface area contributed by atoms with E-state index in [2.05, 4.69) is 0 Å². The van der Waals surface area contributed by atoms with Crippen molar-refractivity contribution >= 4 is 5.91 Å². The number of amides is 1. The molecule has 3 N–H and O–H groups in total. The molecule has 4 heteroatoms. The zero-order valence-corrected chi connectivity index (χ0v) is 9.11. The summed E-state index contributed by atoms with van der Waals surface area (Å²) < 4.78 is 0. The lowest BCUT2D eigenvalue weighted by atomic mass is 10.2. The molecule has 17 heavy (non-hydrogen) atoms. The summed E-state index contributed by atoms with van der Waals surface area (Å²) in [5.74, 6) is -0.687. The maximum Gasteiger partial charge on any atom is 0.252 e. The van der Waals surface area contributed by atoms with Gasteiger partial charge >= 0.3 is 0 Å². The molecule has 2 aromatic carbocycles. The van der Waals surface area contributed by atoms with Gasteiger partial charge in [-0.1, -0.05) is 48.5 Å². The highest BCUT2D eigenvalue weighted by atomic mass is 19.0. The maximum absolute atomic E-state index is 10.5. The van der Waals surface area contributed by atoms with E-state index < -0.39 is 5.91 Å². The third-order valence-electron chi connectivity index (χ3n) is 1.84. The van der Waals surface area contributed by atoms with Crippen molar-refractivity contribution < 1.29 is 14.6 Å². The first-order chi connectivity index (χ1) is 7.72. The Balaban J connectivity index is 0.000000316. The number of para-hydroxylation sites is 1. The Kier molecular flexibility index (Phi) is 6.78. The molecule has 0 unspecified atom stereocenters. The van der Waals surface area contributed by atoms with Gasteiger partial charge in [-0.2, -0.15) is 0 Å². The molecule has 0 aliphatic heterocycles. The number of phenols is 1. The molecule has 1 amide bonds. The van der Waals surface area contributed by atoms with Crippen molar-refractivity contribution in [3.05, 3.63) is 66.2 Å². The molecular formula is C13H14FNO2. The number of carbonyl (C=O) groups excluding carboxylic acids is 1. The number of nitrogens with two attached hydrogens (primary N) is 1. The predicted molar refractivity (Wildman–Crippen MR) is 65.6 cm³/mol. The van der Waals surface area contributed by atoms with Gasteiger partial charge in [0, 0.05) is 0 Å². The van der Waals surface area contributed by atoms with Crippen molar-refractivity contribution in [2.24, 2.45) is 5.73 Å². The van der Waals surface area contributed by atoms with Gasteiger partial charge in [-0.05, 0) is 12.1 Å². The second-order valence-electron chi connectivity index (χ2n) is 3.04. The number of primary amides is 1. The van der Waals surface area contributed by atoms with E-state index >= 15 is 0 Å². The largest absolute Gasteiger partial charge is 0.507 e. The first-order valence-electron chi connectivity index (χ1n) is 4.79. The number of rotatable bonds is 1. The standard InChI is InChI=1S/C7H7NO2.C6H6.FH/c8-7(10)5-3-1-2-4-6(5)9;1-2-4-6-5-3-1;/h1-4,9H,(H2,8,10);1-6H;1H. The predicted octanol–water partition coefficient (Wildman–Crippen LogP) is 2.33. The topological polar surface area (TPSA) is 63.3 Å². The van der Waals surface area contributed by atoms with E-state index in [1.807, 2.05) is 36.4 Å². The van der Waals surface area contributed by atoms with Gasteiger partial charge < -0.3 is 10.8 Å². The van der Waals surface area contributed by atoms with Gasteiger partial charge in [0.1, 0.15) is 5.75 Å². The minimum absolute atomic E-state index is 0. The van der Waals surface area contributed by atoms with Crippen molar-refractivity contribution in [1.82, 2.24) is 0 Å². The number of carbonyl (C=O) groups is 1. The van der Waals surface area contributed by atoms with Crippen molar-refractivity contribution in [2.45, 2.75) is 0 Å². The highest BCUT2D eigenvalue weighted by Gasteiger charge is 2.03. The summed E-state index contributed by atoms with van der Waals surface area (Å²) in [4.78, 5) is 10.5. The zero-order valence-electron chi connectivity index (χ0n) is 9.11. The van der Waals surface area contributed by atoms with Crippen LogP contribution in [0.25, 0.3) is 0 Å². The normalized spacial score (nSPS) is 8.24. The minimum Gasteiger partial charge on any atom is -0.507 e. The number of halogens is 1. The Hall–Kier alpha value is -2.36. The molecule has 2 rings (SSSR count). The summed E-state index contributed by atoms with van der Waals surface area (Å²) in [5.41, 5.74) is 5.07. The fourth-order valence-electron chi connectivity index (χ4n) is 1.07. The van der Waals surface area contributed by atoms with Crippen LogP contribution in [0, 0.1) is 0 Å². The summed E-state index contributed by atoms with van der Waals surface area (Å²) in [5, 5.41) is 8.98. The van der Waals surface area contributed by atoms with Gasteiger partial charge in [0.15, 0.2) is 0 Å². The molecule has 0 spiro atoms. The van der Waals surface area contributed by atoms with Crippen LogP contribution in [0.1, 0.15) is 10.4 Å². The molecule has 0 aliphatic rings. The second kappa shape index (κ2) is 7.87. The monoisotopic (exact) mass is 235 g/mol. The average molecular weight is 235 g/mol. The van der Waals surface area contributed by atoms with Crippen LogP contribution in [-0.4, -0.2) is 11.0 Å². The molecule has 0 radical (unpaired) electrons. The van der Waals surface area contributed by atoms with Gasteiger partial charge in [-0.3, -0.25) is 9.50 Å². The molecule has 0 aliphatic carbocycles. The molecule has 0 aromatic heterocycles. The van der Waals surface area contributed by atoms with E-state index in [0.29, 0.717) is 0 Å². The molecule has 90 valence electrons. The molecule has 0 heterocycles. The van der Waals surface area contributed by atoms with E-state index in [9.17, 15) is 4.79 Å². The lowest BCUT2D eigenvalue weighted by Crippen LogP contribution is -2.10. The second-order valence-corrected chi connectivity index (χ2v) is 3.04. The number of hydrogen-bond donors (Lipinski definition) is 2. The van der Waals surface area contributed by atoms with Crippen molar-refractivity contribution in [2.75, 3.05) is 0 Å². The Bertz CT molecular complexity index is 419. The summed E-state index contributed by atoms with van der Waals surface area (Å²) in [7, 11) is 0. The van der Waals surface area contributed by atoms with Crippen LogP contribution in [-0.2, 0) is 0 Å². The van der Waals surface area contributed by atoms with E-state index in [-0.39, 0.29) is 16.0 Å². The van der Waals surface area contributed by atoms with Crippen molar-refractivity contribution in [3.63, 3.8) is 0 Å². The first kappa shape index (κ1) is 14.6. The van der Waals surface area contributed by atoms with Crippen LogP contribution < -0.4 is 5.73 Å². The van der Waals surface area contributed by atoms with E-state index in [1.54, 1.807) is 12.1 Å². The number of hydrogen-bond acceptors (Lipinski definition) is 2. The van der Waals surface area contributed by atoms with Gasteiger partial charge in [-0.25, -0.2) is 0 Å². The lowest BCUT2D eigenvalue weighted by Gasteiger charge is -1.96. The van der Waals surface area contributed by atoms with Crippen LogP contribution in [0.5, 0.6) is 5.75 Å². The summed E-state index contributed by atoms with van der Waals surface area (Å²) >= 11 is 0. The van der Waals surface area contributed by atoms with E-state index in [1.165, 1.54) is 12.1 Å². The fourth-order valence-corrected chi connectivity index (χ4v) is 1.07. The Morgan fingerprint density at radius 1 is 0.882 bits per heavy atom. The van der Waals surface area contributed by atoms with Crippen LogP contribution in [0.15, 0.2) is 60.7 Å². The Labute approximate surface area is 98.9 Å². The van der Waals surface area contributed by atoms with Crippen molar-refractivity contribution in [3.8, 4) is 5.75 Å². The molecule has 2 aromatic rings. The maximum atomic E-state index is 10.5. The van der Waals surface area contributed by atoms with Crippen LogP contribution in [0.2, 0.25) is 0 Å². The van der Waals surface area contributed by atoms with Crippen molar-refractivity contribution in [1.29, 1.82) is 0 Å². The third-order valence-corrected chi connectivity index (χ3v) is 1.84. The highest BCUT2D eigenvalue weighted by Crippen LogP contribution is 2.13. The quantitative estimate of drug-likeness (QED) is 0.796. The average Bonchev–Trinajstić information content (AvgIpc) is 2.32. The van der Waals surface area contributed by atoms with Gasteiger partial charge in [0.2, 0.25) is 0 Å². The minimum atomic E-state index is -0.613. The SMILES string of the molecule is F.NC(=O)c1ccccc1O.c1ccccc1. The lowest BCUT2D eigenvalue weighted by molar-refractivity contribution is 0.0998. The fraction of sp³-hybridized carbons (Fsp3) is 0. The smallest absolute Gasteiger partial charge is 0.252 e. The Morgan fingerprint density at radius 2 is 1.29 bits per heavy atom. The Morgan fingerprint density at radius 3 is 1.59 bits per heavy atom. The van der Waals surface area contributed by atoms with Gasteiger partial charge in [0.05, 0.1) is 5.56 Å². The summed E-state index contributed by atoms with van der Waals surface area (Å²) in [6.07, 6.45) is 0. The van der Waals surface area contributed by atoms with Crippen LogP contribution in [0.4, 0.5) is 4.70 Å². The zero-order chi connectivity index (χ0) is 11.8. The summed E-state index contributed by atoms with van der Waals surface area (Å²) in [6, 6.07) is 18.2. The number of benzene rings is 2. The molecular weight excluding hydrogens is 221 g/mol.